The molecule has 0 saturated carbocycles. The first-order valence-corrected chi connectivity index (χ1v) is 8.27. The Morgan fingerprint density at radius 3 is 2.35 bits per heavy atom. The van der Waals surface area contributed by atoms with Crippen molar-refractivity contribution < 1.29 is 28.6 Å². The summed E-state index contributed by atoms with van der Waals surface area (Å²) in [6.07, 6.45) is 3.47. The molecule has 1 aromatic carbocycles. The van der Waals surface area contributed by atoms with E-state index in [1.165, 1.54) is 13.2 Å². The SMILES string of the molecule is CC[C@@H](C)[C@H](NC(=O)COC(=O)/C=C/c1ccc(OC)cc1)C(=O)OC. The minimum atomic E-state index is -0.772. The molecule has 1 aromatic rings. The van der Waals surface area contributed by atoms with E-state index in [9.17, 15) is 14.4 Å². The highest BCUT2D eigenvalue weighted by Gasteiger charge is 2.26. The van der Waals surface area contributed by atoms with Crippen molar-refractivity contribution in [1.82, 2.24) is 5.32 Å². The molecule has 0 spiro atoms. The van der Waals surface area contributed by atoms with E-state index < -0.39 is 30.5 Å². The fourth-order valence-electron chi connectivity index (χ4n) is 2.08. The molecule has 0 saturated heterocycles. The highest BCUT2D eigenvalue weighted by Crippen LogP contribution is 2.12. The standard InChI is InChI=1S/C19H25NO6/c1-5-13(2)18(19(23)25-4)20-16(21)12-26-17(22)11-8-14-6-9-15(24-3)10-7-14/h6-11,13,18H,5,12H2,1-4H3,(H,20,21)/b11-8+/t13-,18+/m1/s1. The van der Waals surface area contributed by atoms with Crippen LogP contribution in [0, 0.1) is 5.92 Å². The summed E-state index contributed by atoms with van der Waals surface area (Å²) in [6.45, 7) is 3.25. The maximum absolute atomic E-state index is 11.9. The third-order valence-corrected chi connectivity index (χ3v) is 3.86. The van der Waals surface area contributed by atoms with Crippen LogP contribution in [0.3, 0.4) is 0 Å². The zero-order valence-corrected chi connectivity index (χ0v) is 15.5. The normalized spacial score (nSPS) is 12.9. The lowest BCUT2D eigenvalue weighted by atomic mass is 9.99. The maximum Gasteiger partial charge on any atom is 0.331 e. The molecule has 0 heterocycles. The third kappa shape index (κ3) is 6.96. The van der Waals surface area contributed by atoms with E-state index in [1.54, 1.807) is 37.5 Å². The summed E-state index contributed by atoms with van der Waals surface area (Å²) in [5.74, 6) is -1.14. The van der Waals surface area contributed by atoms with Crippen LogP contribution in [0.25, 0.3) is 6.08 Å². The summed E-state index contributed by atoms with van der Waals surface area (Å²) in [5.41, 5.74) is 0.787. The van der Waals surface area contributed by atoms with E-state index in [4.69, 9.17) is 9.47 Å². The monoisotopic (exact) mass is 363 g/mol. The van der Waals surface area contributed by atoms with Crippen molar-refractivity contribution in [3.63, 3.8) is 0 Å². The molecule has 0 radical (unpaired) electrons. The van der Waals surface area contributed by atoms with Gasteiger partial charge < -0.3 is 19.5 Å². The third-order valence-electron chi connectivity index (χ3n) is 3.86. The predicted molar refractivity (Wildman–Crippen MR) is 96.4 cm³/mol. The van der Waals surface area contributed by atoms with E-state index in [2.05, 4.69) is 10.1 Å². The molecule has 26 heavy (non-hydrogen) atoms. The number of nitrogens with one attached hydrogen (secondary N) is 1. The van der Waals surface area contributed by atoms with Gasteiger partial charge in [-0.1, -0.05) is 32.4 Å². The molecule has 7 nitrogen and oxygen atoms in total. The Morgan fingerprint density at radius 2 is 1.81 bits per heavy atom. The van der Waals surface area contributed by atoms with Gasteiger partial charge in [0.25, 0.3) is 5.91 Å². The summed E-state index contributed by atoms with van der Waals surface area (Å²) in [5, 5.41) is 2.53. The van der Waals surface area contributed by atoms with Gasteiger partial charge in [-0.05, 0) is 29.7 Å². The maximum atomic E-state index is 11.9. The van der Waals surface area contributed by atoms with Crippen molar-refractivity contribution >= 4 is 23.9 Å². The molecule has 0 fully saturated rings. The first-order chi connectivity index (χ1) is 12.4. The molecule has 0 aliphatic rings. The molecule has 0 aliphatic heterocycles. The zero-order chi connectivity index (χ0) is 19.5. The number of ether oxygens (including phenoxy) is 3. The number of benzene rings is 1. The van der Waals surface area contributed by atoms with Gasteiger partial charge in [0.05, 0.1) is 14.2 Å². The van der Waals surface area contributed by atoms with Crippen LogP contribution < -0.4 is 10.1 Å². The highest BCUT2D eigenvalue weighted by molar-refractivity contribution is 5.90. The zero-order valence-electron chi connectivity index (χ0n) is 15.5. The topological polar surface area (TPSA) is 90.9 Å². The van der Waals surface area contributed by atoms with Crippen molar-refractivity contribution in [2.24, 2.45) is 5.92 Å². The molecule has 1 rings (SSSR count). The number of carbonyl (C=O) groups is 3. The van der Waals surface area contributed by atoms with Gasteiger partial charge in [0.15, 0.2) is 6.61 Å². The fraction of sp³-hybridized carbons (Fsp3) is 0.421. The van der Waals surface area contributed by atoms with Crippen LogP contribution in [-0.4, -0.2) is 44.7 Å². The van der Waals surface area contributed by atoms with Crippen molar-refractivity contribution in [2.75, 3.05) is 20.8 Å². The molecule has 1 amide bonds. The van der Waals surface area contributed by atoms with Crippen molar-refractivity contribution in [1.29, 1.82) is 0 Å². The number of hydrogen-bond acceptors (Lipinski definition) is 6. The van der Waals surface area contributed by atoms with Crippen molar-refractivity contribution in [3.05, 3.63) is 35.9 Å². The lowest BCUT2D eigenvalue weighted by Gasteiger charge is -2.21. The van der Waals surface area contributed by atoms with Gasteiger partial charge in [0.2, 0.25) is 0 Å². The van der Waals surface area contributed by atoms with Gasteiger partial charge in [-0.25, -0.2) is 9.59 Å². The van der Waals surface area contributed by atoms with Gasteiger partial charge in [0, 0.05) is 6.08 Å². The second-order valence-corrected chi connectivity index (χ2v) is 5.67. The largest absolute Gasteiger partial charge is 0.497 e. The van der Waals surface area contributed by atoms with Crippen LogP contribution in [0.1, 0.15) is 25.8 Å². The Morgan fingerprint density at radius 1 is 1.15 bits per heavy atom. The van der Waals surface area contributed by atoms with Gasteiger partial charge in [0.1, 0.15) is 11.8 Å². The minimum Gasteiger partial charge on any atom is -0.497 e. The molecule has 2 atom stereocenters. The number of hydrogen-bond donors (Lipinski definition) is 1. The Bertz CT molecular complexity index is 638. The second-order valence-electron chi connectivity index (χ2n) is 5.67. The van der Waals surface area contributed by atoms with E-state index in [-0.39, 0.29) is 5.92 Å². The average molecular weight is 363 g/mol. The number of carbonyl (C=O) groups excluding carboxylic acids is 3. The van der Waals surface area contributed by atoms with Crippen LogP contribution in [-0.2, 0) is 23.9 Å². The number of amides is 1. The first kappa shape index (κ1) is 21.2. The molecule has 0 unspecified atom stereocenters. The van der Waals surface area contributed by atoms with Crippen LogP contribution in [0.5, 0.6) is 5.75 Å². The second kappa shape index (κ2) is 10.9. The van der Waals surface area contributed by atoms with Crippen LogP contribution in [0.15, 0.2) is 30.3 Å². The molecule has 142 valence electrons. The molecule has 1 N–H and O–H groups in total. The average Bonchev–Trinajstić information content (AvgIpc) is 2.67. The number of esters is 2. The lowest BCUT2D eigenvalue weighted by molar-refractivity contribution is -0.148. The molecule has 0 aliphatic carbocycles. The van der Waals surface area contributed by atoms with Crippen molar-refractivity contribution in [3.8, 4) is 5.75 Å². The number of rotatable bonds is 9. The minimum absolute atomic E-state index is 0.0999. The summed E-state index contributed by atoms with van der Waals surface area (Å²) >= 11 is 0. The Kier molecular flexibility index (Phi) is 8.91. The Balaban J connectivity index is 2.50. The smallest absolute Gasteiger partial charge is 0.331 e. The molecule has 7 heteroatoms. The summed E-state index contributed by atoms with van der Waals surface area (Å²) < 4.78 is 14.6. The van der Waals surface area contributed by atoms with E-state index in [0.29, 0.717) is 12.2 Å². The van der Waals surface area contributed by atoms with E-state index in [1.807, 2.05) is 13.8 Å². The van der Waals surface area contributed by atoms with E-state index in [0.717, 1.165) is 5.56 Å². The van der Waals surface area contributed by atoms with Gasteiger partial charge in [-0.2, -0.15) is 0 Å². The predicted octanol–water partition coefficient (Wildman–Crippen LogP) is 1.96. The van der Waals surface area contributed by atoms with Crippen LogP contribution >= 0.6 is 0 Å². The van der Waals surface area contributed by atoms with Crippen LogP contribution in [0.2, 0.25) is 0 Å². The Hall–Kier alpha value is -2.83. The van der Waals surface area contributed by atoms with Crippen LogP contribution in [0.4, 0.5) is 0 Å². The molecular formula is C19H25NO6. The highest BCUT2D eigenvalue weighted by atomic mass is 16.5. The first-order valence-electron chi connectivity index (χ1n) is 8.27. The fourth-order valence-corrected chi connectivity index (χ4v) is 2.08. The summed E-state index contributed by atoms with van der Waals surface area (Å²) in [6, 6.07) is 6.32. The van der Waals surface area contributed by atoms with Gasteiger partial charge in [-0.3, -0.25) is 4.79 Å². The molecule has 0 bridgehead atoms. The van der Waals surface area contributed by atoms with Gasteiger partial charge in [-0.15, -0.1) is 0 Å². The Labute approximate surface area is 153 Å². The lowest BCUT2D eigenvalue weighted by Crippen LogP contribution is -2.47. The van der Waals surface area contributed by atoms with Gasteiger partial charge >= 0.3 is 11.9 Å². The number of methoxy groups -OCH3 is 2. The summed E-state index contributed by atoms with van der Waals surface area (Å²) in [4.78, 5) is 35.3. The van der Waals surface area contributed by atoms with E-state index >= 15 is 0 Å². The molecular weight excluding hydrogens is 338 g/mol. The quantitative estimate of drug-likeness (QED) is 0.533. The summed E-state index contributed by atoms with van der Waals surface area (Å²) in [7, 11) is 2.83. The molecule has 0 aromatic heterocycles. The van der Waals surface area contributed by atoms with Crippen molar-refractivity contribution in [2.45, 2.75) is 26.3 Å².